The second-order valence-corrected chi connectivity index (χ2v) is 4.92. The lowest BCUT2D eigenvalue weighted by Crippen LogP contribution is -2.48. The van der Waals surface area contributed by atoms with Gasteiger partial charge in [-0.15, -0.1) is 11.3 Å². The number of rotatable bonds is 2. The van der Waals surface area contributed by atoms with E-state index >= 15 is 0 Å². The first-order valence-corrected chi connectivity index (χ1v) is 5.98. The maximum Gasteiger partial charge on any atom is 0.275 e. The van der Waals surface area contributed by atoms with Crippen LogP contribution in [0.1, 0.15) is 14.5 Å². The molecule has 0 aliphatic carbocycles. The molecule has 1 fully saturated rings. The van der Waals surface area contributed by atoms with Gasteiger partial charge in [0.2, 0.25) is 0 Å². The van der Waals surface area contributed by atoms with Crippen LogP contribution in [0.3, 0.4) is 0 Å². The van der Waals surface area contributed by atoms with Crippen LogP contribution < -0.4 is 11.2 Å². The Hall–Kier alpha value is -1.11. The molecule has 0 saturated carbocycles. The van der Waals surface area contributed by atoms with Gasteiger partial charge in [-0.05, 0) is 13.0 Å². The van der Waals surface area contributed by atoms with E-state index in [0.29, 0.717) is 23.8 Å². The second kappa shape index (κ2) is 4.82. The van der Waals surface area contributed by atoms with Crippen LogP contribution >= 0.6 is 11.3 Å². The largest absolute Gasteiger partial charge is 0.398 e. The lowest BCUT2D eigenvalue weighted by atomic mass is 10.4. The summed E-state index contributed by atoms with van der Waals surface area (Å²) in [6.45, 7) is 4.68. The lowest BCUT2D eigenvalue weighted by Gasteiger charge is -2.26. The smallest absolute Gasteiger partial charge is 0.275 e. The SMILES string of the molecule is Cc1sc(C(=O)NN2CCOCC2)cc1N. The number of nitrogens with one attached hydrogen (secondary N) is 1. The molecule has 1 aliphatic heterocycles. The van der Waals surface area contributed by atoms with Crippen molar-refractivity contribution in [3.63, 3.8) is 0 Å². The zero-order chi connectivity index (χ0) is 11.5. The van der Waals surface area contributed by atoms with Crippen molar-refractivity contribution < 1.29 is 9.53 Å². The average Bonchev–Trinajstić information content (AvgIpc) is 2.61. The number of nitrogens with two attached hydrogens (primary N) is 1. The molecular formula is C10H15N3O2S. The van der Waals surface area contributed by atoms with E-state index in [1.54, 1.807) is 6.07 Å². The van der Waals surface area contributed by atoms with E-state index in [-0.39, 0.29) is 5.91 Å². The molecule has 16 heavy (non-hydrogen) atoms. The third kappa shape index (κ3) is 2.52. The van der Waals surface area contributed by atoms with E-state index in [0.717, 1.165) is 18.0 Å². The predicted octanol–water partition coefficient (Wildman–Crippen LogP) is 0.616. The van der Waals surface area contributed by atoms with Crippen LogP contribution in [-0.4, -0.2) is 37.2 Å². The van der Waals surface area contributed by atoms with Gasteiger partial charge in [-0.25, -0.2) is 5.01 Å². The monoisotopic (exact) mass is 241 g/mol. The van der Waals surface area contributed by atoms with Gasteiger partial charge in [0.1, 0.15) is 0 Å². The Kier molecular flexibility index (Phi) is 3.42. The van der Waals surface area contributed by atoms with Crippen LogP contribution in [0, 0.1) is 6.92 Å². The number of hydrogen-bond donors (Lipinski definition) is 2. The standard InChI is InChI=1S/C10H15N3O2S/c1-7-8(11)6-9(16-7)10(14)12-13-2-4-15-5-3-13/h6H,2-5,11H2,1H3,(H,12,14). The third-order valence-corrected chi connectivity index (χ3v) is 3.52. The van der Waals surface area contributed by atoms with Crippen molar-refractivity contribution >= 4 is 22.9 Å². The molecule has 2 rings (SSSR count). The highest BCUT2D eigenvalue weighted by Gasteiger charge is 2.16. The summed E-state index contributed by atoms with van der Waals surface area (Å²) >= 11 is 1.42. The fraction of sp³-hybridized carbons (Fsp3) is 0.500. The Morgan fingerprint density at radius 2 is 2.25 bits per heavy atom. The minimum atomic E-state index is -0.0910. The number of hydrazine groups is 1. The normalized spacial score (nSPS) is 17.3. The van der Waals surface area contributed by atoms with E-state index in [9.17, 15) is 4.79 Å². The highest BCUT2D eigenvalue weighted by Crippen LogP contribution is 2.23. The van der Waals surface area contributed by atoms with Gasteiger partial charge in [0.25, 0.3) is 5.91 Å². The molecule has 0 radical (unpaired) electrons. The summed E-state index contributed by atoms with van der Waals surface area (Å²) in [6, 6.07) is 1.72. The lowest BCUT2D eigenvalue weighted by molar-refractivity contribution is 0.0127. The third-order valence-electron chi connectivity index (χ3n) is 2.45. The van der Waals surface area contributed by atoms with Gasteiger partial charge >= 0.3 is 0 Å². The molecule has 0 bridgehead atoms. The van der Waals surface area contributed by atoms with Crippen LogP contribution in [0.5, 0.6) is 0 Å². The number of morpholine rings is 1. The van der Waals surface area contributed by atoms with E-state index in [1.165, 1.54) is 11.3 Å². The maximum atomic E-state index is 11.8. The summed E-state index contributed by atoms with van der Waals surface area (Å²) in [5, 5.41) is 1.87. The summed E-state index contributed by atoms with van der Waals surface area (Å²) in [5.41, 5.74) is 9.23. The molecule has 88 valence electrons. The Balaban J connectivity index is 1.96. The Labute approximate surface area is 98.2 Å². The summed E-state index contributed by atoms with van der Waals surface area (Å²) in [7, 11) is 0. The van der Waals surface area contributed by atoms with E-state index in [4.69, 9.17) is 10.5 Å². The summed E-state index contributed by atoms with van der Waals surface area (Å²) < 4.78 is 5.20. The summed E-state index contributed by atoms with van der Waals surface area (Å²) in [6.07, 6.45) is 0. The Bertz CT molecular complexity index is 366. The zero-order valence-corrected chi connectivity index (χ0v) is 9.97. The molecule has 3 N–H and O–H groups in total. The molecule has 1 aromatic heterocycles. The molecule has 1 saturated heterocycles. The topological polar surface area (TPSA) is 67.6 Å². The molecule has 6 heteroatoms. The number of nitrogens with zero attached hydrogens (tertiary/aromatic N) is 1. The molecule has 2 heterocycles. The molecule has 1 amide bonds. The van der Waals surface area contributed by atoms with Crippen LogP contribution in [0.4, 0.5) is 5.69 Å². The maximum absolute atomic E-state index is 11.8. The number of nitrogen functional groups attached to an aromatic ring is 1. The van der Waals surface area contributed by atoms with Crippen molar-refractivity contribution in [1.82, 2.24) is 10.4 Å². The first-order chi connectivity index (χ1) is 7.66. The first-order valence-electron chi connectivity index (χ1n) is 5.16. The molecule has 1 aliphatic rings. The molecular weight excluding hydrogens is 226 g/mol. The van der Waals surface area contributed by atoms with Gasteiger partial charge in [-0.2, -0.15) is 0 Å². The predicted molar refractivity (Wildman–Crippen MR) is 63.3 cm³/mol. The van der Waals surface area contributed by atoms with Crippen LogP contribution in [0.15, 0.2) is 6.07 Å². The highest BCUT2D eigenvalue weighted by atomic mass is 32.1. The van der Waals surface area contributed by atoms with Crippen molar-refractivity contribution in [1.29, 1.82) is 0 Å². The number of thiophene rings is 1. The van der Waals surface area contributed by atoms with Crippen LogP contribution in [0.25, 0.3) is 0 Å². The number of hydrogen-bond acceptors (Lipinski definition) is 5. The first kappa shape index (κ1) is 11.4. The summed E-state index contributed by atoms with van der Waals surface area (Å²) in [5.74, 6) is -0.0910. The average molecular weight is 241 g/mol. The van der Waals surface area contributed by atoms with Crippen LogP contribution in [0.2, 0.25) is 0 Å². The van der Waals surface area contributed by atoms with E-state index < -0.39 is 0 Å². The number of anilines is 1. The Morgan fingerprint density at radius 1 is 1.56 bits per heavy atom. The molecule has 0 atom stereocenters. The number of aryl methyl sites for hydroxylation is 1. The summed E-state index contributed by atoms with van der Waals surface area (Å²) in [4.78, 5) is 13.5. The highest BCUT2D eigenvalue weighted by molar-refractivity contribution is 7.14. The van der Waals surface area contributed by atoms with Gasteiger partial charge < -0.3 is 10.5 Å². The molecule has 1 aromatic rings. The fourth-order valence-corrected chi connectivity index (χ4v) is 2.31. The van der Waals surface area contributed by atoms with Gasteiger partial charge in [0.15, 0.2) is 0 Å². The quantitative estimate of drug-likeness (QED) is 0.796. The van der Waals surface area contributed by atoms with Gasteiger partial charge in [0, 0.05) is 23.7 Å². The number of carbonyl (C=O) groups is 1. The van der Waals surface area contributed by atoms with Crippen molar-refractivity contribution in [2.75, 3.05) is 32.0 Å². The van der Waals surface area contributed by atoms with Crippen molar-refractivity contribution in [3.05, 3.63) is 15.8 Å². The molecule has 0 unspecified atom stereocenters. The number of amides is 1. The van der Waals surface area contributed by atoms with Gasteiger partial charge in [-0.1, -0.05) is 0 Å². The van der Waals surface area contributed by atoms with Gasteiger partial charge in [0.05, 0.1) is 18.1 Å². The van der Waals surface area contributed by atoms with Crippen molar-refractivity contribution in [2.45, 2.75) is 6.92 Å². The van der Waals surface area contributed by atoms with E-state index in [2.05, 4.69) is 5.43 Å². The molecule has 0 aromatic carbocycles. The Morgan fingerprint density at radius 3 is 2.81 bits per heavy atom. The number of carbonyl (C=O) groups excluding carboxylic acids is 1. The minimum absolute atomic E-state index is 0.0910. The second-order valence-electron chi connectivity index (χ2n) is 3.66. The number of ether oxygens (including phenoxy) is 1. The molecule has 0 spiro atoms. The fourth-order valence-electron chi connectivity index (χ4n) is 1.48. The molecule has 5 nitrogen and oxygen atoms in total. The zero-order valence-electron chi connectivity index (χ0n) is 9.16. The van der Waals surface area contributed by atoms with Crippen LogP contribution in [-0.2, 0) is 4.74 Å². The van der Waals surface area contributed by atoms with E-state index in [1.807, 2.05) is 11.9 Å². The van der Waals surface area contributed by atoms with Crippen molar-refractivity contribution in [2.24, 2.45) is 0 Å². The minimum Gasteiger partial charge on any atom is -0.398 e. The van der Waals surface area contributed by atoms with Gasteiger partial charge in [-0.3, -0.25) is 10.2 Å². The van der Waals surface area contributed by atoms with Crippen molar-refractivity contribution in [3.8, 4) is 0 Å².